The van der Waals surface area contributed by atoms with Gasteiger partial charge in [0.15, 0.2) is 5.82 Å². The predicted octanol–water partition coefficient (Wildman–Crippen LogP) is 4.78. The summed E-state index contributed by atoms with van der Waals surface area (Å²) in [6.45, 7) is 2.55. The van der Waals surface area contributed by atoms with E-state index in [9.17, 15) is 18.0 Å². The molecule has 0 radical (unpaired) electrons. The van der Waals surface area contributed by atoms with Crippen LogP contribution >= 0.6 is 11.6 Å². The molecule has 5 N–H and O–H groups in total. The van der Waals surface area contributed by atoms with Crippen LogP contribution in [0.15, 0.2) is 71.6 Å². The highest BCUT2D eigenvalue weighted by molar-refractivity contribution is 7.89. The fourth-order valence-electron chi connectivity index (χ4n) is 5.80. The number of benzene rings is 3. The first-order valence-electron chi connectivity index (χ1n) is 15.6. The molecule has 0 spiro atoms. The van der Waals surface area contributed by atoms with Crippen molar-refractivity contribution in [2.45, 2.75) is 50.0 Å². The van der Waals surface area contributed by atoms with Gasteiger partial charge in [0.1, 0.15) is 6.04 Å². The first-order valence-corrected chi connectivity index (χ1v) is 17.4. The third kappa shape index (κ3) is 8.25. The molecule has 0 saturated heterocycles. The van der Waals surface area contributed by atoms with Crippen molar-refractivity contribution in [1.29, 1.82) is 0 Å². The van der Waals surface area contributed by atoms with E-state index in [-0.39, 0.29) is 34.3 Å². The third-order valence-electron chi connectivity index (χ3n) is 8.74. The molecule has 11 nitrogen and oxygen atoms in total. The molecule has 248 valence electrons. The van der Waals surface area contributed by atoms with Crippen LogP contribution in [-0.4, -0.2) is 66.4 Å². The Morgan fingerprint density at radius 3 is 2.26 bits per heavy atom. The van der Waals surface area contributed by atoms with Crippen LogP contribution < -0.4 is 16.4 Å². The van der Waals surface area contributed by atoms with Crippen LogP contribution in [0.4, 0.5) is 5.69 Å². The summed E-state index contributed by atoms with van der Waals surface area (Å²) in [7, 11) is -0.587. The maximum Gasteiger partial charge on any atom is 0.247 e. The number of hydrogen-bond acceptors (Lipinski definition) is 7. The van der Waals surface area contributed by atoms with Gasteiger partial charge in [0, 0.05) is 37.7 Å². The second-order valence-corrected chi connectivity index (χ2v) is 14.7. The molecule has 13 heteroatoms. The molecule has 0 aliphatic heterocycles. The zero-order valence-electron chi connectivity index (χ0n) is 26.7. The number of nitrogens with one attached hydrogen (secondary N) is 3. The monoisotopic (exact) mass is 677 g/mol. The molecule has 1 unspecified atom stereocenters. The molecule has 4 aromatic rings. The van der Waals surface area contributed by atoms with Gasteiger partial charge in [0.2, 0.25) is 27.1 Å². The molecule has 1 heterocycles. The van der Waals surface area contributed by atoms with Crippen molar-refractivity contribution < 1.29 is 18.0 Å². The summed E-state index contributed by atoms with van der Waals surface area (Å²) in [5.74, 6) is 0.219. The Kier molecular flexibility index (Phi) is 10.8. The molecule has 1 atom stereocenters. The third-order valence-corrected chi connectivity index (χ3v) is 10.7. The highest BCUT2D eigenvalue weighted by atomic mass is 35.5. The van der Waals surface area contributed by atoms with Gasteiger partial charge in [-0.1, -0.05) is 30.3 Å². The number of aryl methyl sites for hydroxylation is 1. The number of carbonyl (C=O) groups is 2. The highest BCUT2D eigenvalue weighted by Crippen LogP contribution is 2.30. The number of nitrogens with two attached hydrogens (primary N) is 1. The number of anilines is 1. The van der Waals surface area contributed by atoms with Gasteiger partial charge in [-0.05, 0) is 115 Å². The van der Waals surface area contributed by atoms with Gasteiger partial charge in [0.25, 0.3) is 0 Å². The van der Waals surface area contributed by atoms with Crippen molar-refractivity contribution in [2.24, 2.45) is 17.6 Å². The number of amides is 2. The lowest BCUT2D eigenvalue weighted by molar-refractivity contribution is -0.130. The number of hydrogen-bond donors (Lipinski definition) is 4. The van der Waals surface area contributed by atoms with Crippen molar-refractivity contribution in [1.82, 2.24) is 24.8 Å². The summed E-state index contributed by atoms with van der Waals surface area (Å²) in [6, 6.07) is 18.9. The molecule has 1 aliphatic rings. The first-order chi connectivity index (χ1) is 22.4. The van der Waals surface area contributed by atoms with Gasteiger partial charge in [-0.2, -0.15) is 10.1 Å². The van der Waals surface area contributed by atoms with Crippen LogP contribution in [0.5, 0.6) is 0 Å². The molecule has 5 rings (SSSR count). The molecular formula is C34H40ClN7O4S. The van der Waals surface area contributed by atoms with Gasteiger partial charge >= 0.3 is 0 Å². The summed E-state index contributed by atoms with van der Waals surface area (Å²) in [4.78, 5) is 31.4. The minimum atomic E-state index is -3.60. The van der Waals surface area contributed by atoms with E-state index < -0.39 is 16.1 Å². The van der Waals surface area contributed by atoms with Crippen molar-refractivity contribution in [3.63, 3.8) is 0 Å². The SMILES string of the molecule is Cc1ccc(S(=O)(=O)N(C)C)cc1-c1ccc(CC(NC(=O)C2CCC(CN)CC2)C(=O)Nc2ccc(-c3n[nH]c(Cl)n3)cc2)cc1. The van der Waals surface area contributed by atoms with Gasteiger partial charge in [-0.15, -0.1) is 0 Å². The van der Waals surface area contributed by atoms with Gasteiger partial charge in [-0.25, -0.2) is 17.8 Å². The van der Waals surface area contributed by atoms with Crippen molar-refractivity contribution >= 4 is 39.1 Å². The zero-order valence-corrected chi connectivity index (χ0v) is 28.2. The van der Waals surface area contributed by atoms with Crippen LogP contribution in [0.2, 0.25) is 5.28 Å². The maximum atomic E-state index is 13.7. The van der Waals surface area contributed by atoms with Crippen molar-refractivity contribution in [3.05, 3.63) is 83.1 Å². The van der Waals surface area contributed by atoms with Gasteiger partial charge in [0.05, 0.1) is 4.90 Å². The average molecular weight is 678 g/mol. The number of rotatable bonds is 11. The summed E-state index contributed by atoms with van der Waals surface area (Å²) in [5, 5.41) is 12.8. The van der Waals surface area contributed by atoms with Crippen LogP contribution in [-0.2, 0) is 26.0 Å². The van der Waals surface area contributed by atoms with E-state index in [1.807, 2.05) is 31.2 Å². The van der Waals surface area contributed by atoms with Crippen LogP contribution in [0.3, 0.4) is 0 Å². The van der Waals surface area contributed by atoms with E-state index >= 15 is 0 Å². The number of aromatic amines is 1. The first kappa shape index (κ1) is 34.2. The zero-order chi connectivity index (χ0) is 33.7. The van der Waals surface area contributed by atoms with E-state index in [0.29, 0.717) is 24.0 Å². The Balaban J connectivity index is 1.34. The highest BCUT2D eigenvalue weighted by Gasteiger charge is 2.29. The Morgan fingerprint density at radius 1 is 1.00 bits per heavy atom. The average Bonchev–Trinajstić information content (AvgIpc) is 3.51. The number of nitrogens with zero attached hydrogens (tertiary/aromatic N) is 3. The molecule has 1 aromatic heterocycles. The Labute approximate surface area is 280 Å². The lowest BCUT2D eigenvalue weighted by Crippen LogP contribution is -2.48. The lowest BCUT2D eigenvalue weighted by atomic mass is 9.81. The Bertz CT molecular complexity index is 1820. The summed E-state index contributed by atoms with van der Waals surface area (Å²) < 4.78 is 26.7. The van der Waals surface area contributed by atoms with Crippen LogP contribution in [0, 0.1) is 18.8 Å². The fourth-order valence-corrected chi connectivity index (χ4v) is 6.85. The quantitative estimate of drug-likeness (QED) is 0.177. The smallest absolute Gasteiger partial charge is 0.247 e. The Hall–Kier alpha value is -4.10. The molecule has 1 aliphatic carbocycles. The molecular weight excluding hydrogens is 638 g/mol. The number of sulfonamides is 1. The standard InChI is InChI=1S/C34H40ClN7O4S/c1-21-4-17-28(47(45,46)42(2)3)19-29(21)24-9-5-22(6-10-24)18-30(38-32(43)26-11-7-23(20-36)8-12-26)33(44)37-27-15-13-25(14-16-27)31-39-34(35)41-40-31/h4-6,9-10,13-17,19,23,26,30H,7-8,11-12,18,20,36H2,1-3H3,(H,37,44)(H,38,43)(H,39,40,41). The van der Waals surface area contributed by atoms with E-state index in [2.05, 4.69) is 25.8 Å². The van der Waals surface area contributed by atoms with E-state index in [4.69, 9.17) is 17.3 Å². The second-order valence-electron chi connectivity index (χ2n) is 12.2. The fraction of sp³-hybridized carbons (Fsp3) is 0.353. The van der Waals surface area contributed by atoms with E-state index in [1.54, 1.807) is 42.5 Å². The maximum absolute atomic E-state index is 13.7. The van der Waals surface area contributed by atoms with Crippen LogP contribution in [0.25, 0.3) is 22.5 Å². The van der Waals surface area contributed by atoms with Crippen LogP contribution in [0.1, 0.15) is 36.8 Å². The second kappa shape index (κ2) is 14.8. The minimum Gasteiger partial charge on any atom is -0.344 e. The molecule has 1 saturated carbocycles. The number of H-pyrrole nitrogens is 1. The van der Waals surface area contributed by atoms with E-state index in [1.165, 1.54) is 18.4 Å². The van der Waals surface area contributed by atoms with Gasteiger partial charge < -0.3 is 16.4 Å². The van der Waals surface area contributed by atoms with Gasteiger partial charge in [-0.3, -0.25) is 9.59 Å². The number of aromatic nitrogens is 3. The topological polar surface area (TPSA) is 163 Å². The summed E-state index contributed by atoms with van der Waals surface area (Å²) in [5.41, 5.74) is 10.5. The lowest BCUT2D eigenvalue weighted by Gasteiger charge is -2.28. The van der Waals surface area contributed by atoms with Crippen molar-refractivity contribution in [3.8, 4) is 22.5 Å². The van der Waals surface area contributed by atoms with Crippen molar-refractivity contribution in [2.75, 3.05) is 26.0 Å². The number of halogens is 1. The predicted molar refractivity (Wildman–Crippen MR) is 183 cm³/mol. The molecule has 0 bridgehead atoms. The molecule has 1 fully saturated rings. The molecule has 2 amide bonds. The normalized spacial score (nSPS) is 17.3. The molecule has 3 aromatic carbocycles. The Morgan fingerprint density at radius 2 is 1.66 bits per heavy atom. The summed E-state index contributed by atoms with van der Waals surface area (Å²) >= 11 is 5.85. The summed E-state index contributed by atoms with van der Waals surface area (Å²) in [6.07, 6.45) is 3.53. The van der Waals surface area contributed by atoms with E-state index in [0.717, 1.165) is 53.5 Å². The number of carbonyl (C=O) groups excluding carboxylic acids is 2. The minimum absolute atomic E-state index is 0.136. The molecule has 47 heavy (non-hydrogen) atoms. The largest absolute Gasteiger partial charge is 0.344 e.